The number of hydrogen-bond donors (Lipinski definition) is 0. The molecule has 1 aromatic carbocycles. The highest BCUT2D eigenvalue weighted by atomic mass is 32.2. The van der Waals surface area contributed by atoms with E-state index in [-0.39, 0.29) is 25.4 Å². The molecule has 0 spiro atoms. The summed E-state index contributed by atoms with van der Waals surface area (Å²) in [6.45, 7) is 0.0794. The molecule has 0 unspecified atom stereocenters. The van der Waals surface area contributed by atoms with E-state index >= 15 is 0 Å². The number of hydrogen-bond acceptors (Lipinski definition) is 6. The zero-order valence-corrected chi connectivity index (χ0v) is 18.1. The second-order valence-electron chi connectivity index (χ2n) is 6.66. The fourth-order valence-corrected chi connectivity index (χ4v) is 4.04. The number of amides is 1. The molecule has 10 heteroatoms. The van der Waals surface area contributed by atoms with Gasteiger partial charge in [-0.3, -0.25) is 9.69 Å². The van der Waals surface area contributed by atoms with Crippen molar-refractivity contribution < 1.29 is 17.6 Å². The lowest BCUT2D eigenvalue weighted by Crippen LogP contribution is -2.30. The summed E-state index contributed by atoms with van der Waals surface area (Å²) in [6, 6.07) is 14.3. The van der Waals surface area contributed by atoms with Crippen molar-refractivity contribution in [2.75, 3.05) is 24.7 Å². The summed E-state index contributed by atoms with van der Waals surface area (Å²) in [4.78, 5) is 16.0. The molecule has 1 aliphatic heterocycles. The highest BCUT2D eigenvalue weighted by Gasteiger charge is 2.37. The highest BCUT2D eigenvalue weighted by Crippen LogP contribution is 2.28. The number of thiocarbonyl (C=S) groups is 1. The standard InChI is InChI=1S/C20H20N4O4S2/c1-22-18(19(25)24(20(22)29)15-7-4-3-5-8-15)13-16-9-10-17(28-16)14-23(12-6-11-21)30(2,26)27/h3-5,7-10,13H,6,12,14H2,1-2H3. The summed E-state index contributed by atoms with van der Waals surface area (Å²) in [5.41, 5.74) is 1.01. The van der Waals surface area contributed by atoms with E-state index in [0.29, 0.717) is 28.0 Å². The average Bonchev–Trinajstić information content (AvgIpc) is 3.23. The minimum atomic E-state index is -3.49. The van der Waals surface area contributed by atoms with Crippen molar-refractivity contribution in [2.45, 2.75) is 13.0 Å². The van der Waals surface area contributed by atoms with Crippen LogP contribution in [0.5, 0.6) is 0 Å². The molecule has 156 valence electrons. The van der Waals surface area contributed by atoms with Crippen LogP contribution in [0.25, 0.3) is 6.08 Å². The number of nitriles is 1. The van der Waals surface area contributed by atoms with Crippen LogP contribution in [0.2, 0.25) is 0 Å². The van der Waals surface area contributed by atoms with Crippen LogP contribution < -0.4 is 4.90 Å². The summed E-state index contributed by atoms with van der Waals surface area (Å²) < 4.78 is 30.7. The molecule has 0 aliphatic carbocycles. The highest BCUT2D eigenvalue weighted by molar-refractivity contribution is 7.88. The molecule has 2 heterocycles. The number of furan rings is 1. The van der Waals surface area contributed by atoms with E-state index in [9.17, 15) is 13.2 Å². The second kappa shape index (κ2) is 8.79. The van der Waals surface area contributed by atoms with Gasteiger partial charge in [0.1, 0.15) is 17.2 Å². The Balaban J connectivity index is 1.83. The number of sulfonamides is 1. The third-order valence-corrected chi connectivity index (χ3v) is 6.22. The van der Waals surface area contributed by atoms with Crippen LogP contribution in [-0.4, -0.2) is 48.5 Å². The smallest absolute Gasteiger partial charge is 0.281 e. The summed E-state index contributed by atoms with van der Waals surface area (Å²) in [7, 11) is -1.79. The Morgan fingerprint density at radius 2 is 1.93 bits per heavy atom. The summed E-state index contributed by atoms with van der Waals surface area (Å²) in [5, 5.41) is 9.08. The van der Waals surface area contributed by atoms with Crippen LogP contribution in [-0.2, 0) is 21.4 Å². The number of carbonyl (C=O) groups is 1. The van der Waals surface area contributed by atoms with Crippen LogP contribution in [0.15, 0.2) is 52.6 Å². The quantitative estimate of drug-likeness (QED) is 0.478. The van der Waals surface area contributed by atoms with E-state index in [4.69, 9.17) is 21.9 Å². The maximum absolute atomic E-state index is 12.9. The predicted octanol–water partition coefficient (Wildman–Crippen LogP) is 2.56. The molecule has 1 aromatic heterocycles. The Morgan fingerprint density at radius 1 is 1.23 bits per heavy atom. The van der Waals surface area contributed by atoms with Crippen molar-refractivity contribution in [1.82, 2.24) is 9.21 Å². The Labute approximate surface area is 180 Å². The first-order valence-corrected chi connectivity index (χ1v) is 11.3. The van der Waals surface area contributed by atoms with Crippen LogP contribution in [0.1, 0.15) is 17.9 Å². The molecule has 0 radical (unpaired) electrons. The monoisotopic (exact) mass is 444 g/mol. The van der Waals surface area contributed by atoms with Crippen LogP contribution in [0.3, 0.4) is 0 Å². The lowest BCUT2D eigenvalue weighted by Gasteiger charge is -2.16. The Morgan fingerprint density at radius 3 is 2.57 bits per heavy atom. The molecule has 0 bridgehead atoms. The van der Waals surface area contributed by atoms with Crippen LogP contribution >= 0.6 is 12.2 Å². The van der Waals surface area contributed by atoms with Crippen molar-refractivity contribution in [3.05, 3.63) is 59.7 Å². The molecule has 1 saturated heterocycles. The number of para-hydroxylation sites is 1. The summed E-state index contributed by atoms with van der Waals surface area (Å²) in [5.74, 6) is 0.519. The van der Waals surface area contributed by atoms with Crippen molar-refractivity contribution in [2.24, 2.45) is 0 Å². The maximum atomic E-state index is 12.9. The lowest BCUT2D eigenvalue weighted by molar-refractivity contribution is -0.114. The van der Waals surface area contributed by atoms with Gasteiger partial charge in [-0.2, -0.15) is 9.57 Å². The normalized spacial score (nSPS) is 16.0. The molecule has 2 aromatic rings. The van der Waals surface area contributed by atoms with E-state index in [1.807, 2.05) is 24.3 Å². The van der Waals surface area contributed by atoms with Crippen molar-refractivity contribution >= 4 is 45.0 Å². The van der Waals surface area contributed by atoms with Crippen molar-refractivity contribution in [3.63, 3.8) is 0 Å². The van der Waals surface area contributed by atoms with Gasteiger partial charge in [0.25, 0.3) is 5.91 Å². The second-order valence-corrected chi connectivity index (χ2v) is 9.00. The van der Waals surface area contributed by atoms with Gasteiger partial charge in [0, 0.05) is 26.1 Å². The fourth-order valence-electron chi connectivity index (χ4n) is 2.96. The topological polar surface area (TPSA) is 97.9 Å². The summed E-state index contributed by atoms with van der Waals surface area (Å²) in [6.07, 6.45) is 2.74. The first-order valence-electron chi connectivity index (χ1n) is 9.02. The van der Waals surface area contributed by atoms with Crippen molar-refractivity contribution in [3.8, 4) is 6.07 Å². The summed E-state index contributed by atoms with van der Waals surface area (Å²) >= 11 is 5.42. The molecule has 30 heavy (non-hydrogen) atoms. The molecule has 3 rings (SSSR count). The largest absolute Gasteiger partial charge is 0.460 e. The van der Waals surface area contributed by atoms with E-state index in [2.05, 4.69) is 0 Å². The van der Waals surface area contributed by atoms with Gasteiger partial charge in [0.15, 0.2) is 5.11 Å². The number of benzene rings is 1. The average molecular weight is 445 g/mol. The van der Waals surface area contributed by atoms with E-state index < -0.39 is 10.0 Å². The molecule has 1 fully saturated rings. The maximum Gasteiger partial charge on any atom is 0.281 e. The van der Waals surface area contributed by atoms with Gasteiger partial charge in [-0.25, -0.2) is 8.42 Å². The van der Waals surface area contributed by atoms with Gasteiger partial charge in [-0.15, -0.1) is 0 Å². The Bertz CT molecular complexity index is 1130. The van der Waals surface area contributed by atoms with Gasteiger partial charge in [-0.05, 0) is 36.5 Å². The number of rotatable bonds is 7. The number of likely N-dealkylation sites (N-methyl/N-ethyl adjacent to an activating group) is 1. The Hall–Kier alpha value is -3.00. The third-order valence-electron chi connectivity index (χ3n) is 4.51. The van der Waals surface area contributed by atoms with Gasteiger partial charge in [-0.1, -0.05) is 18.2 Å². The number of anilines is 1. The first-order chi connectivity index (χ1) is 14.2. The zero-order valence-electron chi connectivity index (χ0n) is 16.5. The molecule has 0 saturated carbocycles. The third kappa shape index (κ3) is 4.59. The molecular formula is C20H20N4O4S2. The molecular weight excluding hydrogens is 424 g/mol. The molecule has 0 N–H and O–H groups in total. The minimum absolute atomic E-state index is 0.00201. The zero-order chi connectivity index (χ0) is 21.9. The van der Waals surface area contributed by atoms with Crippen LogP contribution in [0.4, 0.5) is 5.69 Å². The lowest BCUT2D eigenvalue weighted by atomic mass is 10.2. The number of nitrogens with zero attached hydrogens (tertiary/aromatic N) is 4. The van der Waals surface area contributed by atoms with Crippen LogP contribution in [0, 0.1) is 11.3 Å². The molecule has 1 amide bonds. The van der Waals surface area contributed by atoms with Gasteiger partial charge < -0.3 is 9.32 Å². The van der Waals surface area contributed by atoms with E-state index in [1.54, 1.807) is 42.3 Å². The van der Waals surface area contributed by atoms with Crippen molar-refractivity contribution in [1.29, 1.82) is 5.26 Å². The number of carbonyl (C=O) groups excluding carboxylic acids is 1. The Kier molecular flexibility index (Phi) is 6.36. The molecule has 8 nitrogen and oxygen atoms in total. The van der Waals surface area contributed by atoms with E-state index in [0.717, 1.165) is 6.26 Å². The van der Waals surface area contributed by atoms with Gasteiger partial charge in [0.05, 0.1) is 24.6 Å². The predicted molar refractivity (Wildman–Crippen MR) is 116 cm³/mol. The fraction of sp³-hybridized carbons (Fsp3) is 0.250. The van der Waals surface area contributed by atoms with E-state index in [1.165, 1.54) is 9.21 Å². The molecule has 0 atom stereocenters. The molecule has 1 aliphatic rings. The van der Waals surface area contributed by atoms with Gasteiger partial charge in [0.2, 0.25) is 10.0 Å². The first kappa shape index (κ1) is 21.7. The minimum Gasteiger partial charge on any atom is -0.460 e. The SMILES string of the molecule is CN1C(=S)N(c2ccccc2)C(=O)C1=Cc1ccc(CN(CCC#N)S(C)(=O)=O)o1. The van der Waals surface area contributed by atoms with Gasteiger partial charge >= 0.3 is 0 Å².